The molecule has 1 amide bonds. The molecule has 2 aromatic carbocycles. The summed E-state index contributed by atoms with van der Waals surface area (Å²) >= 11 is 6.03. The third-order valence-corrected chi connectivity index (χ3v) is 5.34. The van der Waals surface area contributed by atoms with E-state index >= 15 is 0 Å². The van der Waals surface area contributed by atoms with E-state index in [9.17, 15) is 13.2 Å². The molecule has 2 N–H and O–H groups in total. The standard InChI is InChI=1S/C17H19ClN2O4S/c1-12-3-6-14(11-16(12)18)20-17(21)13-4-7-15(8-5-13)25(22,23)19-9-10-24-2/h3-8,11,19H,9-10H2,1-2H3,(H,20,21). The minimum Gasteiger partial charge on any atom is -0.383 e. The second-order valence-corrected chi connectivity index (χ2v) is 7.51. The molecule has 0 aliphatic carbocycles. The van der Waals surface area contributed by atoms with Crippen molar-refractivity contribution >= 4 is 33.2 Å². The summed E-state index contributed by atoms with van der Waals surface area (Å²) in [4.78, 5) is 12.3. The van der Waals surface area contributed by atoms with Crippen molar-refractivity contribution in [2.45, 2.75) is 11.8 Å². The van der Waals surface area contributed by atoms with Gasteiger partial charge in [-0.3, -0.25) is 4.79 Å². The Bertz CT molecular complexity index is 851. The van der Waals surface area contributed by atoms with Crippen LogP contribution in [0.15, 0.2) is 47.4 Å². The fraction of sp³-hybridized carbons (Fsp3) is 0.235. The summed E-state index contributed by atoms with van der Waals surface area (Å²) in [6.45, 7) is 2.32. The summed E-state index contributed by atoms with van der Waals surface area (Å²) in [5.74, 6) is -0.351. The fourth-order valence-corrected chi connectivity index (χ4v) is 3.21. The second kappa shape index (κ2) is 8.44. The minimum absolute atomic E-state index is 0.0820. The average molecular weight is 383 g/mol. The van der Waals surface area contributed by atoms with E-state index in [1.54, 1.807) is 18.2 Å². The molecule has 2 rings (SSSR count). The van der Waals surface area contributed by atoms with E-state index in [4.69, 9.17) is 16.3 Å². The number of hydrogen-bond donors (Lipinski definition) is 2. The molecule has 0 radical (unpaired) electrons. The third-order valence-electron chi connectivity index (χ3n) is 3.45. The van der Waals surface area contributed by atoms with Crippen LogP contribution in [0.25, 0.3) is 0 Å². The second-order valence-electron chi connectivity index (χ2n) is 5.33. The Morgan fingerprint density at radius 3 is 2.44 bits per heavy atom. The van der Waals surface area contributed by atoms with Gasteiger partial charge >= 0.3 is 0 Å². The number of carbonyl (C=O) groups is 1. The Hall–Kier alpha value is -1.93. The van der Waals surface area contributed by atoms with E-state index in [1.807, 2.05) is 6.92 Å². The van der Waals surface area contributed by atoms with Crippen molar-refractivity contribution in [3.63, 3.8) is 0 Å². The SMILES string of the molecule is COCCNS(=O)(=O)c1ccc(C(=O)Nc2ccc(C)c(Cl)c2)cc1. The first-order chi connectivity index (χ1) is 11.8. The molecule has 0 aliphatic rings. The van der Waals surface area contributed by atoms with Crippen LogP contribution in [-0.2, 0) is 14.8 Å². The lowest BCUT2D eigenvalue weighted by Gasteiger charge is -2.09. The topological polar surface area (TPSA) is 84.5 Å². The van der Waals surface area contributed by atoms with Crippen molar-refractivity contribution in [1.29, 1.82) is 0 Å². The van der Waals surface area contributed by atoms with Crippen LogP contribution in [0.2, 0.25) is 5.02 Å². The van der Waals surface area contributed by atoms with Crippen molar-refractivity contribution < 1.29 is 17.9 Å². The Morgan fingerprint density at radius 1 is 1.16 bits per heavy atom. The first-order valence-corrected chi connectivity index (χ1v) is 9.36. The summed E-state index contributed by atoms with van der Waals surface area (Å²) in [7, 11) is -2.13. The van der Waals surface area contributed by atoms with Crippen LogP contribution in [0.1, 0.15) is 15.9 Å². The van der Waals surface area contributed by atoms with Gasteiger partial charge in [0.05, 0.1) is 11.5 Å². The van der Waals surface area contributed by atoms with Crippen LogP contribution in [-0.4, -0.2) is 34.6 Å². The zero-order valence-electron chi connectivity index (χ0n) is 13.9. The highest BCUT2D eigenvalue weighted by molar-refractivity contribution is 7.89. The van der Waals surface area contributed by atoms with Crippen molar-refractivity contribution in [2.24, 2.45) is 0 Å². The maximum atomic E-state index is 12.2. The lowest BCUT2D eigenvalue weighted by molar-refractivity contribution is 0.102. The molecule has 8 heteroatoms. The van der Waals surface area contributed by atoms with E-state index in [2.05, 4.69) is 10.0 Å². The molecule has 0 bridgehead atoms. The van der Waals surface area contributed by atoms with Crippen molar-refractivity contribution in [3.8, 4) is 0 Å². The van der Waals surface area contributed by atoms with E-state index < -0.39 is 10.0 Å². The highest BCUT2D eigenvalue weighted by Crippen LogP contribution is 2.20. The first kappa shape index (κ1) is 19.4. The number of ether oxygens (including phenoxy) is 1. The number of methoxy groups -OCH3 is 1. The summed E-state index contributed by atoms with van der Waals surface area (Å²) in [5.41, 5.74) is 1.82. The molecule has 0 unspecified atom stereocenters. The average Bonchev–Trinajstić information content (AvgIpc) is 2.58. The third kappa shape index (κ3) is 5.27. The number of aryl methyl sites for hydroxylation is 1. The van der Waals surface area contributed by atoms with E-state index in [0.717, 1.165) is 5.56 Å². The molecule has 0 aromatic heterocycles. The predicted octanol–water partition coefficient (Wildman–Crippen LogP) is 2.83. The lowest BCUT2D eigenvalue weighted by Crippen LogP contribution is -2.27. The van der Waals surface area contributed by atoms with Crippen molar-refractivity contribution in [1.82, 2.24) is 4.72 Å². The summed E-state index contributed by atoms with van der Waals surface area (Å²) in [5, 5.41) is 3.28. The molecule has 6 nitrogen and oxygen atoms in total. The van der Waals surface area contributed by atoms with Crippen molar-refractivity contribution in [2.75, 3.05) is 25.6 Å². The number of carbonyl (C=O) groups excluding carboxylic acids is 1. The van der Waals surface area contributed by atoms with E-state index in [1.165, 1.54) is 31.4 Å². The molecule has 0 saturated carbocycles. The van der Waals surface area contributed by atoms with Gasteiger partial charge in [-0.25, -0.2) is 13.1 Å². The molecule has 0 atom stereocenters. The highest BCUT2D eigenvalue weighted by atomic mass is 35.5. The van der Waals surface area contributed by atoms with Crippen LogP contribution in [0.3, 0.4) is 0 Å². The van der Waals surface area contributed by atoms with Gasteiger partial charge in [-0.2, -0.15) is 0 Å². The molecular formula is C17H19ClN2O4S. The van der Waals surface area contributed by atoms with Gasteiger partial charge in [-0.05, 0) is 48.9 Å². The molecule has 134 valence electrons. The quantitative estimate of drug-likeness (QED) is 0.721. The van der Waals surface area contributed by atoms with Gasteiger partial charge in [-0.15, -0.1) is 0 Å². The van der Waals surface area contributed by atoms with Gasteiger partial charge in [0, 0.05) is 29.9 Å². The van der Waals surface area contributed by atoms with Crippen LogP contribution in [0.4, 0.5) is 5.69 Å². The summed E-state index contributed by atoms with van der Waals surface area (Å²) < 4.78 is 31.3. The predicted molar refractivity (Wildman–Crippen MR) is 97.6 cm³/mol. The Labute approximate surface area is 152 Å². The van der Waals surface area contributed by atoms with Gasteiger partial charge in [0.1, 0.15) is 0 Å². The monoisotopic (exact) mass is 382 g/mol. The van der Waals surface area contributed by atoms with Gasteiger partial charge < -0.3 is 10.1 Å². The first-order valence-electron chi connectivity index (χ1n) is 7.49. The number of hydrogen-bond acceptors (Lipinski definition) is 4. The lowest BCUT2D eigenvalue weighted by atomic mass is 10.2. The van der Waals surface area contributed by atoms with E-state index in [-0.39, 0.29) is 24.0 Å². The van der Waals surface area contributed by atoms with Crippen LogP contribution in [0, 0.1) is 6.92 Å². The molecule has 0 saturated heterocycles. The number of halogens is 1. The molecule has 0 heterocycles. The number of nitrogens with one attached hydrogen (secondary N) is 2. The van der Waals surface area contributed by atoms with Gasteiger partial charge in [0.2, 0.25) is 10.0 Å². The zero-order valence-corrected chi connectivity index (χ0v) is 15.4. The highest BCUT2D eigenvalue weighted by Gasteiger charge is 2.14. The number of amides is 1. The molecule has 0 aliphatic heterocycles. The summed E-state index contributed by atoms with van der Waals surface area (Å²) in [6.07, 6.45) is 0. The molecule has 0 spiro atoms. The molecule has 2 aromatic rings. The van der Waals surface area contributed by atoms with E-state index in [0.29, 0.717) is 16.3 Å². The maximum Gasteiger partial charge on any atom is 0.255 e. The minimum atomic E-state index is -3.62. The molecular weight excluding hydrogens is 364 g/mol. The molecule has 0 fully saturated rings. The smallest absolute Gasteiger partial charge is 0.255 e. The number of rotatable bonds is 7. The fourth-order valence-electron chi connectivity index (χ4n) is 2.02. The molecule has 25 heavy (non-hydrogen) atoms. The summed E-state index contributed by atoms with van der Waals surface area (Å²) in [6, 6.07) is 10.9. The zero-order chi connectivity index (χ0) is 18.4. The number of anilines is 1. The maximum absolute atomic E-state index is 12.2. The van der Waals surface area contributed by atoms with Gasteiger partial charge in [0.15, 0.2) is 0 Å². The normalized spacial score (nSPS) is 11.3. The van der Waals surface area contributed by atoms with Gasteiger partial charge in [0.25, 0.3) is 5.91 Å². The number of benzene rings is 2. The Balaban J connectivity index is 2.08. The number of sulfonamides is 1. The Morgan fingerprint density at radius 2 is 1.84 bits per heavy atom. The Kier molecular flexibility index (Phi) is 6.55. The van der Waals surface area contributed by atoms with Gasteiger partial charge in [-0.1, -0.05) is 17.7 Å². The van der Waals surface area contributed by atoms with Crippen LogP contribution < -0.4 is 10.0 Å². The largest absolute Gasteiger partial charge is 0.383 e. The van der Waals surface area contributed by atoms with Crippen molar-refractivity contribution in [3.05, 3.63) is 58.6 Å². The van der Waals surface area contributed by atoms with Crippen LogP contribution >= 0.6 is 11.6 Å². The van der Waals surface area contributed by atoms with Crippen LogP contribution in [0.5, 0.6) is 0 Å².